The third kappa shape index (κ3) is 5.31. The molecule has 0 atom stereocenters. The minimum Gasteiger partial charge on any atom is -0.339 e. The molecule has 2 aromatic rings. The lowest BCUT2D eigenvalue weighted by Crippen LogP contribution is -2.34. The number of aromatic nitrogens is 1. The lowest BCUT2D eigenvalue weighted by molar-refractivity contribution is -0.144. The third-order valence-corrected chi connectivity index (χ3v) is 7.07. The molecular weight excluding hydrogens is 465 g/mol. The molecule has 1 heterocycles. The summed E-state index contributed by atoms with van der Waals surface area (Å²) in [6, 6.07) is 6.29. The van der Waals surface area contributed by atoms with Gasteiger partial charge in [0.25, 0.3) is 5.91 Å². The van der Waals surface area contributed by atoms with Crippen LogP contribution in [0, 0.1) is 12.3 Å². The number of hydrogen-bond donors (Lipinski definition) is 0. The zero-order valence-corrected chi connectivity index (χ0v) is 20.0. The first-order valence-corrected chi connectivity index (χ1v) is 12.6. The number of carbonyl (C=O) groups is 1. The van der Waals surface area contributed by atoms with E-state index in [1.54, 1.807) is 24.3 Å². The van der Waals surface area contributed by atoms with Gasteiger partial charge in [-0.05, 0) is 48.4 Å². The first-order chi connectivity index (χ1) is 14.6. The van der Waals surface area contributed by atoms with E-state index in [0.717, 1.165) is 23.7 Å². The zero-order chi connectivity index (χ0) is 24.1. The molecule has 3 rings (SSSR count). The Hall–Kier alpha value is -2.00. The maximum absolute atomic E-state index is 14.2. The molecule has 1 saturated carbocycles. The average Bonchev–Trinajstić information content (AvgIpc) is 3.31. The Balaban J connectivity index is 2.23. The summed E-state index contributed by atoms with van der Waals surface area (Å²) >= 11 is 5.96. The summed E-state index contributed by atoms with van der Waals surface area (Å²) in [5, 5.41) is 0.422. The van der Waals surface area contributed by atoms with Crippen LogP contribution in [0.4, 0.5) is 13.2 Å². The molecule has 0 bridgehead atoms. The lowest BCUT2D eigenvalue weighted by atomic mass is 10.00. The van der Waals surface area contributed by atoms with E-state index in [-0.39, 0.29) is 41.1 Å². The Labute approximate surface area is 191 Å². The monoisotopic (exact) mass is 490 g/mol. The van der Waals surface area contributed by atoms with E-state index < -0.39 is 27.6 Å². The summed E-state index contributed by atoms with van der Waals surface area (Å²) in [5.74, 6) is -0.934. The van der Waals surface area contributed by atoms with Gasteiger partial charge in [0.15, 0.2) is 0 Å². The highest BCUT2D eigenvalue weighted by Gasteiger charge is 2.45. The molecule has 10 heteroatoms. The fourth-order valence-electron chi connectivity index (χ4n) is 3.80. The highest BCUT2D eigenvalue weighted by atomic mass is 35.5. The average molecular weight is 491 g/mol. The van der Waals surface area contributed by atoms with Crippen molar-refractivity contribution in [2.24, 2.45) is 5.41 Å². The summed E-state index contributed by atoms with van der Waals surface area (Å²) in [6.45, 7) is 3.19. The Morgan fingerprint density at radius 1 is 1.22 bits per heavy atom. The second kappa shape index (κ2) is 8.41. The standard InChI is InChI=1S/C22H26ClF3N2O3S/c1-14-17(15-5-7-16(23)8-6-15)18(20(29)27(3)11-12-32(4,30)31)28(13-21(2)9-10-21)19(14)22(24,25)26/h5-8H,9-13H2,1-4H3. The number of carbonyl (C=O) groups excluding carboxylic acids is 1. The molecule has 0 unspecified atom stereocenters. The van der Waals surface area contributed by atoms with Crippen LogP contribution in [0.2, 0.25) is 5.02 Å². The molecule has 0 saturated heterocycles. The summed E-state index contributed by atoms with van der Waals surface area (Å²) in [7, 11) is -1.95. The minimum absolute atomic E-state index is 0.0380. The maximum atomic E-state index is 14.2. The van der Waals surface area contributed by atoms with Crippen molar-refractivity contribution >= 4 is 27.3 Å². The molecule has 176 valence electrons. The SMILES string of the molecule is Cc1c(-c2ccc(Cl)cc2)c(C(=O)N(C)CCS(C)(=O)=O)n(CC2(C)CC2)c1C(F)(F)F. The van der Waals surface area contributed by atoms with Crippen molar-refractivity contribution in [3.63, 3.8) is 0 Å². The predicted octanol–water partition coefficient (Wildman–Crippen LogP) is 5.05. The molecule has 0 N–H and O–H groups in total. The lowest BCUT2D eigenvalue weighted by Gasteiger charge is -2.22. The van der Waals surface area contributed by atoms with Crippen molar-refractivity contribution in [1.29, 1.82) is 0 Å². The topological polar surface area (TPSA) is 59.4 Å². The number of sulfone groups is 1. The van der Waals surface area contributed by atoms with Gasteiger partial charge in [-0.1, -0.05) is 30.7 Å². The van der Waals surface area contributed by atoms with Crippen LogP contribution in [0.1, 0.15) is 41.5 Å². The van der Waals surface area contributed by atoms with Gasteiger partial charge in [0, 0.05) is 37.0 Å². The van der Waals surface area contributed by atoms with Crippen molar-refractivity contribution in [3.8, 4) is 11.1 Å². The molecule has 1 aliphatic carbocycles. The van der Waals surface area contributed by atoms with Crippen LogP contribution in [0.15, 0.2) is 24.3 Å². The Morgan fingerprint density at radius 3 is 2.25 bits per heavy atom. The van der Waals surface area contributed by atoms with E-state index in [0.29, 0.717) is 10.6 Å². The Morgan fingerprint density at radius 2 is 1.78 bits per heavy atom. The molecular formula is C22H26ClF3N2O3S. The molecule has 5 nitrogen and oxygen atoms in total. The van der Waals surface area contributed by atoms with Crippen LogP contribution in [-0.2, 0) is 22.6 Å². The fraction of sp³-hybridized carbons (Fsp3) is 0.500. The van der Waals surface area contributed by atoms with Gasteiger partial charge in [0.2, 0.25) is 0 Å². The van der Waals surface area contributed by atoms with Crippen molar-refractivity contribution in [2.45, 2.75) is 39.4 Å². The van der Waals surface area contributed by atoms with Gasteiger partial charge in [0.05, 0.1) is 5.75 Å². The van der Waals surface area contributed by atoms with Gasteiger partial charge < -0.3 is 9.47 Å². The van der Waals surface area contributed by atoms with E-state index >= 15 is 0 Å². The third-order valence-electron chi connectivity index (χ3n) is 5.90. The Kier molecular flexibility index (Phi) is 6.47. The van der Waals surface area contributed by atoms with Crippen molar-refractivity contribution in [2.75, 3.05) is 25.6 Å². The van der Waals surface area contributed by atoms with Crippen LogP contribution in [0.5, 0.6) is 0 Å². The summed E-state index contributed by atoms with van der Waals surface area (Å²) in [6.07, 6.45) is -2.07. The number of halogens is 4. The van der Waals surface area contributed by atoms with Crippen molar-refractivity contribution < 1.29 is 26.4 Å². The highest BCUT2D eigenvalue weighted by molar-refractivity contribution is 7.90. The normalized spacial score (nSPS) is 15.6. The number of hydrogen-bond acceptors (Lipinski definition) is 3. The first kappa shape index (κ1) is 24.6. The van der Waals surface area contributed by atoms with Crippen LogP contribution >= 0.6 is 11.6 Å². The second-order valence-electron chi connectivity index (χ2n) is 8.96. The van der Waals surface area contributed by atoms with Gasteiger partial charge in [-0.3, -0.25) is 4.79 Å². The molecule has 1 fully saturated rings. The maximum Gasteiger partial charge on any atom is 0.431 e. The number of alkyl halides is 3. The second-order valence-corrected chi connectivity index (χ2v) is 11.7. The minimum atomic E-state index is -4.67. The van der Waals surface area contributed by atoms with Gasteiger partial charge in [-0.15, -0.1) is 0 Å². The fourth-order valence-corrected chi connectivity index (χ4v) is 4.53. The van der Waals surface area contributed by atoms with E-state index in [9.17, 15) is 26.4 Å². The van der Waals surface area contributed by atoms with Gasteiger partial charge in [0.1, 0.15) is 21.2 Å². The molecule has 1 aromatic carbocycles. The highest BCUT2D eigenvalue weighted by Crippen LogP contribution is 2.49. The molecule has 0 aliphatic heterocycles. The van der Waals surface area contributed by atoms with Crippen LogP contribution < -0.4 is 0 Å². The van der Waals surface area contributed by atoms with Gasteiger partial charge >= 0.3 is 6.18 Å². The first-order valence-electron chi connectivity index (χ1n) is 10.1. The predicted molar refractivity (Wildman–Crippen MR) is 119 cm³/mol. The molecule has 1 aliphatic rings. The molecule has 0 radical (unpaired) electrons. The number of nitrogens with zero attached hydrogens (tertiary/aromatic N) is 2. The van der Waals surface area contributed by atoms with Crippen LogP contribution in [0.25, 0.3) is 11.1 Å². The smallest absolute Gasteiger partial charge is 0.339 e. The Bertz CT molecular complexity index is 1130. The molecule has 0 spiro atoms. The van der Waals surface area contributed by atoms with E-state index in [4.69, 9.17) is 11.6 Å². The quantitative estimate of drug-likeness (QED) is 0.545. The molecule has 1 aromatic heterocycles. The largest absolute Gasteiger partial charge is 0.431 e. The van der Waals surface area contributed by atoms with E-state index in [1.807, 2.05) is 6.92 Å². The van der Waals surface area contributed by atoms with Crippen molar-refractivity contribution in [3.05, 3.63) is 46.2 Å². The zero-order valence-electron chi connectivity index (χ0n) is 18.4. The number of rotatable bonds is 7. The number of amides is 1. The van der Waals surface area contributed by atoms with E-state index in [2.05, 4.69) is 0 Å². The summed E-state index contributed by atoms with van der Waals surface area (Å²) in [5.41, 5.74) is -0.657. The number of benzene rings is 1. The van der Waals surface area contributed by atoms with Crippen LogP contribution in [-0.4, -0.2) is 49.4 Å². The van der Waals surface area contributed by atoms with Crippen LogP contribution in [0.3, 0.4) is 0 Å². The summed E-state index contributed by atoms with van der Waals surface area (Å²) < 4.78 is 66.8. The van der Waals surface area contributed by atoms with E-state index in [1.165, 1.54) is 18.9 Å². The van der Waals surface area contributed by atoms with Gasteiger partial charge in [-0.25, -0.2) is 8.42 Å². The van der Waals surface area contributed by atoms with Crippen molar-refractivity contribution in [1.82, 2.24) is 9.47 Å². The summed E-state index contributed by atoms with van der Waals surface area (Å²) in [4.78, 5) is 14.6. The van der Waals surface area contributed by atoms with Gasteiger partial charge in [-0.2, -0.15) is 13.2 Å². The molecule has 32 heavy (non-hydrogen) atoms. The molecule has 1 amide bonds.